The number of nitrogens with zero attached hydrogens (tertiary/aromatic N) is 3. The van der Waals surface area contributed by atoms with Gasteiger partial charge in [0.2, 0.25) is 5.91 Å². The van der Waals surface area contributed by atoms with E-state index in [1.807, 2.05) is 6.92 Å². The first kappa shape index (κ1) is 16.6. The third-order valence-corrected chi connectivity index (χ3v) is 4.57. The molecular formula is C15H27N5O2. The summed E-state index contributed by atoms with van der Waals surface area (Å²) in [6, 6.07) is -0.315. The lowest BCUT2D eigenvalue weighted by Gasteiger charge is -2.25. The minimum absolute atomic E-state index is 0.101. The molecule has 0 aliphatic carbocycles. The van der Waals surface area contributed by atoms with Crippen molar-refractivity contribution < 1.29 is 9.59 Å². The Morgan fingerprint density at radius 3 is 2.73 bits per heavy atom. The molecule has 2 rings (SSSR count). The van der Waals surface area contributed by atoms with Crippen LogP contribution in [0.4, 0.5) is 4.79 Å². The molecule has 7 heteroatoms. The van der Waals surface area contributed by atoms with Gasteiger partial charge in [-0.1, -0.05) is 13.8 Å². The summed E-state index contributed by atoms with van der Waals surface area (Å²) in [5, 5.41) is 5.83. The van der Waals surface area contributed by atoms with Crippen LogP contribution in [0.1, 0.15) is 33.6 Å². The molecular weight excluding hydrogens is 282 g/mol. The predicted molar refractivity (Wildman–Crippen MR) is 85.7 cm³/mol. The van der Waals surface area contributed by atoms with E-state index in [0.717, 1.165) is 32.0 Å². The molecule has 7 nitrogen and oxygen atoms in total. The third-order valence-electron chi connectivity index (χ3n) is 4.57. The van der Waals surface area contributed by atoms with E-state index in [0.29, 0.717) is 18.5 Å². The lowest BCUT2D eigenvalue weighted by Crippen LogP contribution is -2.41. The van der Waals surface area contributed by atoms with E-state index in [2.05, 4.69) is 34.4 Å². The molecule has 0 saturated carbocycles. The molecule has 0 aromatic rings. The summed E-state index contributed by atoms with van der Waals surface area (Å²) < 4.78 is 0. The molecule has 22 heavy (non-hydrogen) atoms. The quantitative estimate of drug-likeness (QED) is 0.443. The summed E-state index contributed by atoms with van der Waals surface area (Å²) in [6.07, 6.45) is 2.33. The Balaban J connectivity index is 1.93. The fraction of sp³-hybridized carbons (Fsp3) is 0.800. The van der Waals surface area contributed by atoms with Crippen molar-refractivity contribution in [3.63, 3.8) is 0 Å². The number of carbonyl (C=O) groups is 2. The molecule has 2 aliphatic rings. The van der Waals surface area contributed by atoms with Crippen molar-refractivity contribution in [2.24, 2.45) is 10.4 Å². The summed E-state index contributed by atoms with van der Waals surface area (Å²) in [6.45, 7) is 10.2. The van der Waals surface area contributed by atoms with Gasteiger partial charge in [0, 0.05) is 19.6 Å². The zero-order valence-electron chi connectivity index (χ0n) is 13.8. The van der Waals surface area contributed by atoms with E-state index >= 15 is 0 Å². The van der Waals surface area contributed by atoms with Crippen molar-refractivity contribution in [1.82, 2.24) is 20.4 Å². The molecule has 2 saturated heterocycles. The molecule has 1 unspecified atom stereocenters. The number of aliphatic imine (C=N–C) groups is 1. The van der Waals surface area contributed by atoms with Crippen LogP contribution >= 0.6 is 0 Å². The van der Waals surface area contributed by atoms with Gasteiger partial charge in [0.15, 0.2) is 5.96 Å². The largest absolute Gasteiger partial charge is 0.357 e. The standard InChI is InChI=1S/C15H27N5O2/c1-4-15(3)6-8-19(11-15)13(16-5-2)17-7-9-20-12(21)10-18-14(20)22/h4-11H2,1-3H3,(H,16,17)(H,18,22). The second kappa shape index (κ2) is 6.98. The lowest BCUT2D eigenvalue weighted by molar-refractivity contribution is -0.124. The minimum atomic E-state index is -0.315. The van der Waals surface area contributed by atoms with Gasteiger partial charge in [0.25, 0.3) is 0 Å². The van der Waals surface area contributed by atoms with Crippen molar-refractivity contribution in [2.45, 2.75) is 33.6 Å². The van der Waals surface area contributed by atoms with Crippen LogP contribution in [0.25, 0.3) is 0 Å². The molecule has 2 N–H and O–H groups in total. The highest BCUT2D eigenvalue weighted by Gasteiger charge is 2.33. The normalized spacial score (nSPS) is 25.9. The summed E-state index contributed by atoms with van der Waals surface area (Å²) >= 11 is 0. The zero-order chi connectivity index (χ0) is 16.2. The van der Waals surface area contributed by atoms with Gasteiger partial charge in [-0.15, -0.1) is 0 Å². The Morgan fingerprint density at radius 1 is 1.41 bits per heavy atom. The zero-order valence-corrected chi connectivity index (χ0v) is 13.8. The van der Waals surface area contributed by atoms with Crippen LogP contribution in [0, 0.1) is 5.41 Å². The smallest absolute Gasteiger partial charge is 0.324 e. The maximum atomic E-state index is 11.5. The molecule has 124 valence electrons. The second-order valence-corrected chi connectivity index (χ2v) is 6.28. The van der Waals surface area contributed by atoms with Crippen LogP contribution < -0.4 is 10.6 Å². The first-order chi connectivity index (χ1) is 10.5. The molecule has 2 fully saturated rings. The van der Waals surface area contributed by atoms with Gasteiger partial charge in [0.05, 0.1) is 19.6 Å². The topological polar surface area (TPSA) is 77.0 Å². The maximum Gasteiger partial charge on any atom is 0.324 e. The Hall–Kier alpha value is -1.79. The Labute approximate surface area is 132 Å². The highest BCUT2D eigenvalue weighted by Crippen LogP contribution is 2.32. The average molecular weight is 309 g/mol. The van der Waals surface area contributed by atoms with Gasteiger partial charge in [0.1, 0.15) is 0 Å². The molecule has 0 bridgehead atoms. The van der Waals surface area contributed by atoms with Crippen LogP contribution in [0.3, 0.4) is 0 Å². The summed E-state index contributed by atoms with van der Waals surface area (Å²) in [7, 11) is 0. The first-order valence-corrected chi connectivity index (χ1v) is 8.10. The molecule has 0 aromatic carbocycles. The fourth-order valence-electron chi connectivity index (χ4n) is 2.86. The molecule has 2 aliphatic heterocycles. The Kier molecular flexibility index (Phi) is 5.26. The lowest BCUT2D eigenvalue weighted by atomic mass is 9.87. The Morgan fingerprint density at radius 2 is 2.18 bits per heavy atom. The highest BCUT2D eigenvalue weighted by atomic mass is 16.2. The van der Waals surface area contributed by atoms with E-state index in [1.54, 1.807) is 0 Å². The molecule has 1 atom stereocenters. The van der Waals surface area contributed by atoms with Gasteiger partial charge in [-0.2, -0.15) is 0 Å². The number of hydrogen-bond donors (Lipinski definition) is 2. The maximum absolute atomic E-state index is 11.5. The van der Waals surface area contributed by atoms with Crippen molar-refractivity contribution in [1.29, 1.82) is 0 Å². The molecule has 0 radical (unpaired) electrons. The van der Waals surface area contributed by atoms with Gasteiger partial charge >= 0.3 is 6.03 Å². The second-order valence-electron chi connectivity index (χ2n) is 6.28. The number of rotatable bonds is 5. The number of guanidine groups is 1. The molecule has 0 spiro atoms. The Bertz CT molecular complexity index is 449. The van der Waals surface area contributed by atoms with Crippen LogP contribution in [0.15, 0.2) is 4.99 Å². The van der Waals surface area contributed by atoms with Crippen molar-refractivity contribution in [2.75, 3.05) is 39.3 Å². The average Bonchev–Trinajstić information content (AvgIpc) is 3.04. The predicted octanol–water partition coefficient (Wildman–Crippen LogP) is 0.626. The summed E-state index contributed by atoms with van der Waals surface area (Å²) in [5.74, 6) is 0.705. The number of urea groups is 1. The SMILES string of the molecule is CCNC(=NCCN1C(=O)CNC1=O)N1CCC(C)(CC)C1. The number of imide groups is 1. The number of likely N-dealkylation sites (tertiary alicyclic amines) is 1. The summed E-state index contributed by atoms with van der Waals surface area (Å²) in [5.41, 5.74) is 0.348. The highest BCUT2D eigenvalue weighted by molar-refractivity contribution is 6.01. The third kappa shape index (κ3) is 3.69. The van der Waals surface area contributed by atoms with Crippen LogP contribution in [-0.2, 0) is 4.79 Å². The number of hydrogen-bond acceptors (Lipinski definition) is 3. The minimum Gasteiger partial charge on any atom is -0.357 e. The van der Waals surface area contributed by atoms with E-state index in [4.69, 9.17) is 0 Å². The van der Waals surface area contributed by atoms with Gasteiger partial charge in [-0.3, -0.25) is 14.7 Å². The van der Waals surface area contributed by atoms with Gasteiger partial charge in [-0.25, -0.2) is 4.79 Å². The van der Waals surface area contributed by atoms with E-state index in [9.17, 15) is 9.59 Å². The fourth-order valence-corrected chi connectivity index (χ4v) is 2.86. The van der Waals surface area contributed by atoms with E-state index < -0.39 is 0 Å². The van der Waals surface area contributed by atoms with Crippen molar-refractivity contribution in [3.05, 3.63) is 0 Å². The monoisotopic (exact) mass is 309 g/mol. The number of amides is 3. The van der Waals surface area contributed by atoms with Crippen LogP contribution in [0.2, 0.25) is 0 Å². The van der Waals surface area contributed by atoms with Crippen molar-refractivity contribution in [3.8, 4) is 0 Å². The molecule has 2 heterocycles. The molecule has 3 amide bonds. The van der Waals surface area contributed by atoms with E-state index in [-0.39, 0.29) is 18.5 Å². The van der Waals surface area contributed by atoms with E-state index in [1.165, 1.54) is 11.3 Å². The van der Waals surface area contributed by atoms with Crippen LogP contribution in [0.5, 0.6) is 0 Å². The summed E-state index contributed by atoms with van der Waals surface area (Å²) in [4.78, 5) is 31.1. The van der Waals surface area contributed by atoms with Crippen molar-refractivity contribution >= 4 is 17.9 Å². The number of carbonyl (C=O) groups excluding carboxylic acids is 2. The number of nitrogens with one attached hydrogen (secondary N) is 2. The van der Waals surface area contributed by atoms with Gasteiger partial charge in [-0.05, 0) is 25.2 Å². The van der Waals surface area contributed by atoms with Gasteiger partial charge < -0.3 is 15.5 Å². The molecule has 0 aromatic heterocycles. The first-order valence-electron chi connectivity index (χ1n) is 8.10. The van der Waals surface area contributed by atoms with Crippen LogP contribution in [-0.4, -0.2) is 67.0 Å².